The number of carbonyl (C=O) groups is 3. The molecule has 2 unspecified atom stereocenters. The van der Waals surface area contributed by atoms with Gasteiger partial charge in [0.05, 0.1) is 17.4 Å². The van der Waals surface area contributed by atoms with Crippen LogP contribution in [0.3, 0.4) is 0 Å². The first-order valence-electron chi connectivity index (χ1n) is 7.55. The maximum Gasteiger partial charge on any atom is 0.404 e. The van der Waals surface area contributed by atoms with E-state index in [1.54, 1.807) is 6.92 Å². The minimum absolute atomic E-state index is 0.0142. The first-order valence-corrected chi connectivity index (χ1v) is 7.55. The Kier molecular flexibility index (Phi) is 2.69. The van der Waals surface area contributed by atoms with Crippen LogP contribution in [0.25, 0.3) is 0 Å². The first-order chi connectivity index (χ1) is 10.8. The highest BCUT2D eigenvalue weighted by Crippen LogP contribution is 2.51. The summed E-state index contributed by atoms with van der Waals surface area (Å²) in [6, 6.07) is 0.571. The topological polar surface area (TPSA) is 119 Å². The number of Topliss-reactive ketones (excluding diaryl/α,β-unsaturated/α-hetero) is 2. The van der Waals surface area contributed by atoms with E-state index >= 15 is 0 Å². The van der Waals surface area contributed by atoms with E-state index in [9.17, 15) is 14.4 Å². The van der Waals surface area contributed by atoms with Crippen molar-refractivity contribution in [2.24, 2.45) is 17.4 Å². The Hall–Kier alpha value is -2.35. The average molecular weight is 318 g/mol. The van der Waals surface area contributed by atoms with Crippen LogP contribution in [-0.2, 0) is 14.3 Å². The number of allylic oxidation sites excluding steroid dienone is 2. The predicted octanol–water partition coefficient (Wildman–Crippen LogP) is -1.28. The van der Waals surface area contributed by atoms with Crippen LogP contribution in [0.1, 0.15) is 6.92 Å². The zero-order valence-electron chi connectivity index (χ0n) is 12.9. The highest BCUT2D eigenvalue weighted by atomic mass is 16.5. The molecule has 1 amide bonds. The van der Waals surface area contributed by atoms with Crippen molar-refractivity contribution in [1.82, 2.24) is 9.80 Å². The third kappa shape index (κ3) is 1.66. The second-order valence-corrected chi connectivity index (χ2v) is 6.56. The Labute approximate surface area is 132 Å². The molecule has 4 N–H and O–H groups in total. The van der Waals surface area contributed by atoms with Gasteiger partial charge in [-0.3, -0.25) is 14.5 Å². The molecule has 0 bridgehead atoms. The Morgan fingerprint density at radius 1 is 1.30 bits per heavy atom. The average Bonchev–Trinajstić information content (AvgIpc) is 2.87. The molecule has 23 heavy (non-hydrogen) atoms. The summed E-state index contributed by atoms with van der Waals surface area (Å²) in [7, 11) is 2.01. The molecular weight excluding hydrogens is 300 g/mol. The van der Waals surface area contributed by atoms with E-state index in [-0.39, 0.29) is 47.4 Å². The lowest BCUT2D eigenvalue weighted by atomic mass is 9.84. The molecule has 1 aliphatic carbocycles. The Balaban J connectivity index is 1.76. The molecule has 122 valence electrons. The fraction of sp³-hybridized carbons (Fsp3) is 0.533. The summed E-state index contributed by atoms with van der Waals surface area (Å²) in [6.45, 7) is 2.26. The number of primary amides is 1. The lowest BCUT2D eigenvalue weighted by molar-refractivity contribution is -0.117. The molecular formula is C15H18N4O4. The van der Waals surface area contributed by atoms with E-state index < -0.39 is 6.09 Å². The van der Waals surface area contributed by atoms with Crippen molar-refractivity contribution in [3.05, 3.63) is 22.5 Å². The van der Waals surface area contributed by atoms with Crippen molar-refractivity contribution in [1.29, 1.82) is 0 Å². The number of ether oxygens (including phenoxy) is 1. The van der Waals surface area contributed by atoms with Gasteiger partial charge in [-0.05, 0) is 14.0 Å². The molecule has 5 atom stereocenters. The number of fused-ring (bicyclic) bond motifs is 4. The van der Waals surface area contributed by atoms with Gasteiger partial charge in [-0.25, -0.2) is 4.79 Å². The van der Waals surface area contributed by atoms with Crippen molar-refractivity contribution in [2.75, 3.05) is 20.2 Å². The molecule has 4 aliphatic rings. The summed E-state index contributed by atoms with van der Waals surface area (Å²) >= 11 is 0. The van der Waals surface area contributed by atoms with E-state index in [0.29, 0.717) is 23.9 Å². The van der Waals surface area contributed by atoms with E-state index in [4.69, 9.17) is 16.2 Å². The van der Waals surface area contributed by atoms with Gasteiger partial charge in [0.2, 0.25) is 11.6 Å². The molecule has 0 saturated carbocycles. The molecule has 3 aliphatic heterocycles. The number of rotatable bonds is 2. The summed E-state index contributed by atoms with van der Waals surface area (Å²) in [6.07, 6.45) is -0.890. The number of likely N-dealkylation sites (N-methyl/N-ethyl adjacent to an activating group) is 1. The van der Waals surface area contributed by atoms with Gasteiger partial charge in [-0.1, -0.05) is 0 Å². The summed E-state index contributed by atoms with van der Waals surface area (Å²) in [5.74, 6) is -0.905. The van der Waals surface area contributed by atoms with Gasteiger partial charge in [-0.15, -0.1) is 0 Å². The Bertz CT molecular complexity index is 725. The second-order valence-electron chi connectivity index (χ2n) is 6.56. The molecule has 2 saturated heterocycles. The maximum absolute atomic E-state index is 12.7. The highest BCUT2D eigenvalue weighted by Gasteiger charge is 2.65. The van der Waals surface area contributed by atoms with Crippen LogP contribution in [0.5, 0.6) is 0 Å². The number of carbonyl (C=O) groups excluding carboxylic acids is 3. The maximum atomic E-state index is 12.7. The van der Waals surface area contributed by atoms with Crippen LogP contribution in [-0.4, -0.2) is 65.8 Å². The summed E-state index contributed by atoms with van der Waals surface area (Å²) in [4.78, 5) is 40.5. The number of nitrogens with zero attached hydrogens (tertiary/aromatic N) is 2. The second kappa shape index (κ2) is 4.35. The van der Waals surface area contributed by atoms with Crippen LogP contribution < -0.4 is 11.5 Å². The smallest absolute Gasteiger partial charge is 0.404 e. The van der Waals surface area contributed by atoms with E-state index in [1.807, 2.05) is 11.9 Å². The van der Waals surface area contributed by atoms with Gasteiger partial charge in [-0.2, -0.15) is 0 Å². The molecule has 0 aromatic rings. The van der Waals surface area contributed by atoms with Gasteiger partial charge in [0.15, 0.2) is 0 Å². The minimum atomic E-state index is -0.890. The third-order valence-corrected chi connectivity index (χ3v) is 5.57. The number of ketones is 2. The van der Waals surface area contributed by atoms with Gasteiger partial charge < -0.3 is 21.1 Å². The minimum Gasteiger partial charge on any atom is -0.449 e. The third-order valence-electron chi connectivity index (χ3n) is 5.57. The fourth-order valence-electron chi connectivity index (χ4n) is 4.34. The van der Waals surface area contributed by atoms with Crippen molar-refractivity contribution >= 4 is 17.7 Å². The predicted molar refractivity (Wildman–Crippen MR) is 78.8 cm³/mol. The van der Waals surface area contributed by atoms with Crippen LogP contribution in [0.15, 0.2) is 22.5 Å². The standard InChI is InChI=1S/C15H18N4O4/c1-5-9(16)14(21)8-6(4-23-15(17)22)10-11-7(18(11)2)3-19(10)12(8)13(5)20/h6-7,10-11H,3-4,16H2,1-2H3,(H2,17,22)/t6-,7+,10?,11+,18?/m1/s1. The summed E-state index contributed by atoms with van der Waals surface area (Å²) in [5, 5.41) is 0. The lowest BCUT2D eigenvalue weighted by Crippen LogP contribution is -2.40. The van der Waals surface area contributed by atoms with Crippen molar-refractivity contribution in [3.8, 4) is 0 Å². The molecule has 0 aromatic heterocycles. The Morgan fingerprint density at radius 2 is 2.00 bits per heavy atom. The van der Waals surface area contributed by atoms with Crippen LogP contribution in [0.4, 0.5) is 4.79 Å². The van der Waals surface area contributed by atoms with E-state index in [0.717, 1.165) is 0 Å². The molecule has 0 spiro atoms. The molecule has 3 heterocycles. The van der Waals surface area contributed by atoms with E-state index in [2.05, 4.69) is 4.90 Å². The molecule has 0 aromatic carbocycles. The lowest BCUT2D eigenvalue weighted by Gasteiger charge is -2.28. The van der Waals surface area contributed by atoms with E-state index in [1.165, 1.54) is 0 Å². The molecule has 0 radical (unpaired) electrons. The molecule has 8 heteroatoms. The highest BCUT2D eigenvalue weighted by molar-refractivity contribution is 6.25. The van der Waals surface area contributed by atoms with Crippen LogP contribution in [0, 0.1) is 5.92 Å². The first kappa shape index (κ1) is 14.3. The van der Waals surface area contributed by atoms with Gasteiger partial charge in [0.25, 0.3) is 0 Å². The van der Waals surface area contributed by atoms with Crippen LogP contribution >= 0.6 is 0 Å². The van der Waals surface area contributed by atoms with Gasteiger partial charge in [0.1, 0.15) is 6.61 Å². The van der Waals surface area contributed by atoms with Crippen molar-refractivity contribution in [3.63, 3.8) is 0 Å². The van der Waals surface area contributed by atoms with Gasteiger partial charge in [0, 0.05) is 35.7 Å². The molecule has 2 fully saturated rings. The molecule has 4 rings (SSSR count). The SMILES string of the molecule is CC1=C(N)C(=O)C2=C(C1=O)N1C[C@H]3[C@@H](C1[C@@H]2COC(N)=O)N3C. The Morgan fingerprint density at radius 3 is 2.65 bits per heavy atom. The molecule has 8 nitrogen and oxygen atoms in total. The largest absolute Gasteiger partial charge is 0.449 e. The fourth-order valence-corrected chi connectivity index (χ4v) is 4.34. The number of hydrogen-bond donors (Lipinski definition) is 2. The zero-order chi connectivity index (χ0) is 16.6. The van der Waals surface area contributed by atoms with Gasteiger partial charge >= 0.3 is 6.09 Å². The summed E-state index contributed by atoms with van der Waals surface area (Å²) < 4.78 is 4.97. The van der Waals surface area contributed by atoms with Crippen molar-refractivity contribution in [2.45, 2.75) is 25.0 Å². The number of amides is 1. The monoisotopic (exact) mass is 318 g/mol. The van der Waals surface area contributed by atoms with Crippen molar-refractivity contribution < 1.29 is 19.1 Å². The number of piperazine rings is 1. The quantitative estimate of drug-likeness (QED) is 0.480. The number of nitrogens with two attached hydrogens (primary N) is 2. The number of hydrogen-bond acceptors (Lipinski definition) is 7. The normalized spacial score (nSPS) is 37.8. The van der Waals surface area contributed by atoms with Crippen LogP contribution in [0.2, 0.25) is 0 Å². The summed E-state index contributed by atoms with van der Waals surface area (Å²) in [5.41, 5.74) is 12.0. The zero-order valence-corrected chi connectivity index (χ0v) is 12.9.